The summed E-state index contributed by atoms with van der Waals surface area (Å²) in [4.78, 5) is 23.1. The minimum Gasteiger partial charge on any atom is -0.497 e. The molecular weight excluding hydrogens is 330 g/mol. The summed E-state index contributed by atoms with van der Waals surface area (Å²) in [6, 6.07) is 17.8. The molecule has 0 heterocycles. The lowest BCUT2D eigenvalue weighted by molar-refractivity contribution is 0.0951. The Kier molecular flexibility index (Phi) is 5.03. The number of methoxy groups -OCH3 is 1. The lowest BCUT2D eigenvalue weighted by Crippen LogP contribution is -2.23. The molecule has 3 aromatic carbocycles. The molecule has 0 spiro atoms. The number of hydrogen-bond acceptors (Lipinski definition) is 3. The summed E-state index contributed by atoms with van der Waals surface area (Å²) in [5.41, 5.74) is 7.10. The van der Waals surface area contributed by atoms with E-state index in [0.29, 0.717) is 17.8 Å². The zero-order valence-corrected chi connectivity index (χ0v) is 14.3. The van der Waals surface area contributed by atoms with Gasteiger partial charge in [0.15, 0.2) is 0 Å². The number of benzene rings is 3. The van der Waals surface area contributed by atoms with E-state index in [-0.39, 0.29) is 5.91 Å². The van der Waals surface area contributed by atoms with E-state index in [4.69, 9.17) is 10.5 Å². The molecule has 4 N–H and O–H groups in total. The first-order valence-electron chi connectivity index (χ1n) is 8.06. The molecule has 0 aromatic heterocycles. The van der Waals surface area contributed by atoms with Gasteiger partial charge in [0.1, 0.15) is 5.75 Å². The SMILES string of the molecule is COc1ccc2cc(CNC(=O)c3ccc(NC(N)=O)cc3)ccc2c1. The topological polar surface area (TPSA) is 93.4 Å². The second kappa shape index (κ2) is 7.57. The number of primary amides is 1. The molecule has 0 unspecified atom stereocenters. The normalized spacial score (nSPS) is 10.3. The van der Waals surface area contributed by atoms with Crippen LogP contribution in [0.4, 0.5) is 10.5 Å². The van der Waals surface area contributed by atoms with Crippen molar-refractivity contribution in [3.63, 3.8) is 0 Å². The molecule has 0 aliphatic rings. The number of anilines is 1. The van der Waals surface area contributed by atoms with Crippen molar-refractivity contribution in [1.82, 2.24) is 5.32 Å². The minimum atomic E-state index is -0.642. The Hall–Kier alpha value is -3.54. The van der Waals surface area contributed by atoms with E-state index >= 15 is 0 Å². The lowest BCUT2D eigenvalue weighted by Gasteiger charge is -2.08. The average Bonchev–Trinajstić information content (AvgIpc) is 2.65. The van der Waals surface area contributed by atoms with Crippen molar-refractivity contribution < 1.29 is 14.3 Å². The van der Waals surface area contributed by atoms with Crippen LogP contribution in [0.15, 0.2) is 60.7 Å². The summed E-state index contributed by atoms with van der Waals surface area (Å²) in [5.74, 6) is 0.623. The van der Waals surface area contributed by atoms with Gasteiger partial charge in [-0.15, -0.1) is 0 Å². The van der Waals surface area contributed by atoms with E-state index in [2.05, 4.69) is 10.6 Å². The second-order valence-corrected chi connectivity index (χ2v) is 5.80. The number of amides is 3. The Bertz CT molecular complexity index is 952. The number of ether oxygens (including phenoxy) is 1. The fourth-order valence-corrected chi connectivity index (χ4v) is 2.64. The molecule has 3 aromatic rings. The highest BCUT2D eigenvalue weighted by Gasteiger charge is 2.06. The molecule has 0 bridgehead atoms. The summed E-state index contributed by atoms with van der Waals surface area (Å²) < 4.78 is 5.22. The van der Waals surface area contributed by atoms with Gasteiger partial charge >= 0.3 is 6.03 Å². The minimum absolute atomic E-state index is 0.189. The maximum atomic E-state index is 12.3. The van der Waals surface area contributed by atoms with E-state index in [0.717, 1.165) is 22.1 Å². The van der Waals surface area contributed by atoms with Gasteiger partial charge < -0.3 is 21.1 Å². The zero-order valence-electron chi connectivity index (χ0n) is 14.3. The average molecular weight is 349 g/mol. The van der Waals surface area contributed by atoms with Gasteiger partial charge in [0, 0.05) is 17.8 Å². The molecule has 0 aliphatic heterocycles. The monoisotopic (exact) mass is 349 g/mol. The Labute approximate surface area is 151 Å². The highest BCUT2D eigenvalue weighted by Crippen LogP contribution is 2.22. The van der Waals surface area contributed by atoms with Crippen LogP contribution in [0.2, 0.25) is 0 Å². The Morgan fingerprint density at radius 1 is 0.962 bits per heavy atom. The van der Waals surface area contributed by atoms with Crippen LogP contribution in [0.5, 0.6) is 5.75 Å². The van der Waals surface area contributed by atoms with Gasteiger partial charge in [0.25, 0.3) is 5.91 Å². The highest BCUT2D eigenvalue weighted by atomic mass is 16.5. The number of rotatable bonds is 5. The zero-order chi connectivity index (χ0) is 18.5. The third-order valence-corrected chi connectivity index (χ3v) is 3.98. The molecule has 3 rings (SSSR count). The van der Waals surface area contributed by atoms with Gasteiger partial charge in [-0.1, -0.05) is 18.2 Å². The van der Waals surface area contributed by atoms with Crippen molar-refractivity contribution in [3.8, 4) is 5.75 Å². The van der Waals surface area contributed by atoms with Gasteiger partial charge in [-0.3, -0.25) is 4.79 Å². The predicted octanol–water partition coefficient (Wildman–Crippen LogP) is 3.27. The number of hydrogen-bond donors (Lipinski definition) is 3. The van der Waals surface area contributed by atoms with Crippen LogP contribution in [-0.2, 0) is 6.54 Å². The first-order chi connectivity index (χ1) is 12.5. The van der Waals surface area contributed by atoms with Crippen LogP contribution in [0.3, 0.4) is 0 Å². The fraction of sp³-hybridized carbons (Fsp3) is 0.100. The summed E-state index contributed by atoms with van der Waals surface area (Å²) in [5, 5.41) is 7.50. The summed E-state index contributed by atoms with van der Waals surface area (Å²) >= 11 is 0. The summed E-state index contributed by atoms with van der Waals surface area (Å²) in [6.45, 7) is 0.419. The van der Waals surface area contributed by atoms with Gasteiger partial charge in [-0.05, 0) is 58.8 Å². The summed E-state index contributed by atoms with van der Waals surface area (Å²) in [6.07, 6.45) is 0. The molecule has 0 radical (unpaired) electrons. The number of fused-ring (bicyclic) bond motifs is 1. The maximum Gasteiger partial charge on any atom is 0.316 e. The first kappa shape index (κ1) is 17.3. The van der Waals surface area contributed by atoms with Gasteiger partial charge in [-0.25, -0.2) is 4.79 Å². The third-order valence-electron chi connectivity index (χ3n) is 3.98. The van der Waals surface area contributed by atoms with E-state index in [1.165, 1.54) is 0 Å². The molecule has 0 aliphatic carbocycles. The molecule has 0 saturated carbocycles. The van der Waals surface area contributed by atoms with E-state index in [1.54, 1.807) is 31.4 Å². The quantitative estimate of drug-likeness (QED) is 0.660. The molecule has 6 nitrogen and oxygen atoms in total. The summed E-state index contributed by atoms with van der Waals surface area (Å²) in [7, 11) is 1.64. The van der Waals surface area contributed by atoms with Crippen LogP contribution in [0.1, 0.15) is 15.9 Å². The van der Waals surface area contributed by atoms with Crippen molar-refractivity contribution in [3.05, 3.63) is 71.8 Å². The lowest BCUT2D eigenvalue weighted by atomic mass is 10.1. The maximum absolute atomic E-state index is 12.3. The van der Waals surface area contributed by atoms with E-state index < -0.39 is 6.03 Å². The third kappa shape index (κ3) is 4.10. The number of urea groups is 1. The Morgan fingerprint density at radius 3 is 2.35 bits per heavy atom. The van der Waals surface area contributed by atoms with E-state index in [9.17, 15) is 9.59 Å². The largest absolute Gasteiger partial charge is 0.497 e. The molecule has 0 saturated heterocycles. The van der Waals surface area contributed by atoms with Crippen LogP contribution in [0.25, 0.3) is 10.8 Å². The number of carbonyl (C=O) groups excluding carboxylic acids is 2. The van der Waals surface area contributed by atoms with Gasteiger partial charge in [0.05, 0.1) is 7.11 Å². The molecule has 132 valence electrons. The smallest absolute Gasteiger partial charge is 0.316 e. The molecule has 0 atom stereocenters. The van der Waals surface area contributed by atoms with Crippen LogP contribution < -0.4 is 21.1 Å². The van der Waals surface area contributed by atoms with Crippen molar-refractivity contribution >= 4 is 28.4 Å². The van der Waals surface area contributed by atoms with Crippen LogP contribution >= 0.6 is 0 Å². The Balaban J connectivity index is 1.65. The molecular formula is C20H19N3O3. The number of nitrogens with two attached hydrogens (primary N) is 1. The van der Waals surface area contributed by atoms with Gasteiger partial charge in [0.2, 0.25) is 0 Å². The van der Waals surface area contributed by atoms with Crippen molar-refractivity contribution in [2.24, 2.45) is 5.73 Å². The molecule has 26 heavy (non-hydrogen) atoms. The van der Waals surface area contributed by atoms with Crippen molar-refractivity contribution in [2.45, 2.75) is 6.54 Å². The van der Waals surface area contributed by atoms with Crippen LogP contribution in [0, 0.1) is 0 Å². The Morgan fingerprint density at radius 2 is 1.65 bits per heavy atom. The number of nitrogens with one attached hydrogen (secondary N) is 2. The number of carbonyl (C=O) groups is 2. The standard InChI is InChI=1S/C20H19N3O3/c1-26-18-9-6-15-10-13(2-3-16(15)11-18)12-22-19(24)14-4-7-17(8-5-14)23-20(21)25/h2-11H,12H2,1H3,(H,22,24)(H3,21,23,25). The van der Waals surface area contributed by atoms with Gasteiger partial charge in [-0.2, -0.15) is 0 Å². The van der Waals surface area contributed by atoms with Crippen LogP contribution in [-0.4, -0.2) is 19.0 Å². The first-order valence-corrected chi connectivity index (χ1v) is 8.06. The molecule has 0 fully saturated rings. The molecule has 3 amide bonds. The van der Waals surface area contributed by atoms with E-state index in [1.807, 2.05) is 36.4 Å². The fourth-order valence-electron chi connectivity index (χ4n) is 2.64. The molecule has 6 heteroatoms. The van der Waals surface area contributed by atoms with Crippen molar-refractivity contribution in [2.75, 3.05) is 12.4 Å². The predicted molar refractivity (Wildman–Crippen MR) is 101 cm³/mol. The highest BCUT2D eigenvalue weighted by molar-refractivity contribution is 5.95. The van der Waals surface area contributed by atoms with Crippen molar-refractivity contribution in [1.29, 1.82) is 0 Å². The second-order valence-electron chi connectivity index (χ2n) is 5.80.